The summed E-state index contributed by atoms with van der Waals surface area (Å²) in [5.41, 5.74) is 0. The normalized spacial score (nSPS) is 11.4. The highest BCUT2D eigenvalue weighted by atomic mass is 16.3. The highest BCUT2D eigenvalue weighted by Gasteiger charge is 1.84. The smallest absolute Gasteiger partial charge is 0.0922 e. The molecule has 0 heterocycles. The van der Waals surface area contributed by atoms with E-state index >= 15 is 0 Å². The maximum atomic E-state index is 8.84. The summed E-state index contributed by atoms with van der Waals surface area (Å²) in [4.78, 5) is 0. The third-order valence-corrected chi connectivity index (χ3v) is 0.816. The van der Waals surface area contributed by atoms with Gasteiger partial charge in [-0.1, -0.05) is 19.6 Å². The van der Waals surface area contributed by atoms with Crippen molar-refractivity contribution in [3.63, 3.8) is 0 Å². The fourth-order valence-electron chi connectivity index (χ4n) is 0.476. The lowest BCUT2D eigenvalue weighted by Gasteiger charge is -1.90. The van der Waals surface area contributed by atoms with Gasteiger partial charge in [0.25, 0.3) is 0 Å². The molecule has 0 atom stereocenters. The summed E-state index contributed by atoms with van der Waals surface area (Å²) < 4.78 is 0. The summed E-state index contributed by atoms with van der Waals surface area (Å²) in [5.74, 6) is 0.419. The molecule has 0 saturated carbocycles. The van der Waals surface area contributed by atoms with E-state index in [1.807, 2.05) is 6.92 Å². The van der Waals surface area contributed by atoms with Gasteiger partial charge in [0.1, 0.15) is 0 Å². The molecule has 0 aromatic rings. The Labute approximate surface area is 50.3 Å². The maximum absolute atomic E-state index is 8.84. The van der Waals surface area contributed by atoms with Gasteiger partial charge in [-0.3, -0.25) is 0 Å². The Morgan fingerprint density at radius 1 is 1.75 bits per heavy atom. The molecule has 1 nitrogen and oxygen atoms in total. The molecule has 0 fully saturated rings. The van der Waals surface area contributed by atoms with Crippen molar-refractivity contribution in [2.24, 2.45) is 0 Å². The summed E-state index contributed by atoms with van der Waals surface area (Å²) in [6.45, 7) is 5.47. The molecule has 0 aliphatic rings. The van der Waals surface area contributed by atoms with E-state index in [0.29, 0.717) is 5.76 Å². The minimum atomic E-state index is 0.419. The summed E-state index contributed by atoms with van der Waals surface area (Å²) >= 11 is 0. The zero-order valence-electron chi connectivity index (χ0n) is 5.22. The van der Waals surface area contributed by atoms with Crippen molar-refractivity contribution in [3.8, 4) is 0 Å². The van der Waals surface area contributed by atoms with E-state index in [-0.39, 0.29) is 0 Å². The zero-order chi connectivity index (χ0) is 6.41. The van der Waals surface area contributed by atoms with Crippen LogP contribution in [-0.2, 0) is 0 Å². The molecule has 0 unspecified atom stereocenters. The molecular weight excluding hydrogens is 100 g/mol. The second kappa shape index (κ2) is 4.44. The molecule has 0 aliphatic carbocycles. The standard InChI is InChI=1S/C7H12O/c1-3-5-7(8)6-4-2/h3,5,8H,1,4,6H2,2H3. The van der Waals surface area contributed by atoms with Crippen molar-refractivity contribution < 1.29 is 5.11 Å². The Kier molecular flexibility index (Phi) is 4.04. The van der Waals surface area contributed by atoms with Crippen LogP contribution in [0.5, 0.6) is 0 Å². The second-order valence-corrected chi connectivity index (χ2v) is 1.64. The quantitative estimate of drug-likeness (QED) is 0.439. The van der Waals surface area contributed by atoms with Crippen LogP contribution in [-0.4, -0.2) is 5.11 Å². The number of hydrogen-bond donors (Lipinski definition) is 1. The lowest BCUT2D eigenvalue weighted by molar-refractivity contribution is 0.387. The Morgan fingerprint density at radius 3 is 2.75 bits per heavy atom. The van der Waals surface area contributed by atoms with Crippen LogP contribution in [0.25, 0.3) is 0 Å². The van der Waals surface area contributed by atoms with E-state index in [0.717, 1.165) is 12.8 Å². The van der Waals surface area contributed by atoms with Gasteiger partial charge in [-0.25, -0.2) is 0 Å². The first-order valence-corrected chi connectivity index (χ1v) is 2.81. The predicted molar refractivity (Wildman–Crippen MR) is 35.8 cm³/mol. The number of hydrogen-bond acceptors (Lipinski definition) is 1. The van der Waals surface area contributed by atoms with E-state index in [9.17, 15) is 0 Å². The first kappa shape index (κ1) is 7.28. The molecule has 0 aromatic carbocycles. The van der Waals surface area contributed by atoms with Crippen molar-refractivity contribution in [3.05, 3.63) is 24.5 Å². The molecular formula is C7H12O. The van der Waals surface area contributed by atoms with Crippen molar-refractivity contribution in [2.75, 3.05) is 0 Å². The van der Waals surface area contributed by atoms with Crippen LogP contribution < -0.4 is 0 Å². The molecule has 0 bridgehead atoms. The van der Waals surface area contributed by atoms with E-state index in [4.69, 9.17) is 5.11 Å². The number of aliphatic hydroxyl groups is 1. The summed E-state index contributed by atoms with van der Waals surface area (Å²) in [6.07, 6.45) is 4.94. The first-order valence-electron chi connectivity index (χ1n) is 2.81. The minimum Gasteiger partial charge on any atom is -0.512 e. The van der Waals surface area contributed by atoms with E-state index in [1.54, 1.807) is 12.2 Å². The van der Waals surface area contributed by atoms with Crippen LogP contribution in [0.4, 0.5) is 0 Å². The van der Waals surface area contributed by atoms with E-state index in [1.165, 1.54) is 0 Å². The maximum Gasteiger partial charge on any atom is 0.0922 e. The molecule has 0 aliphatic heterocycles. The van der Waals surface area contributed by atoms with Crippen LogP contribution in [0.2, 0.25) is 0 Å². The fourth-order valence-corrected chi connectivity index (χ4v) is 0.476. The largest absolute Gasteiger partial charge is 0.512 e. The molecule has 0 rings (SSSR count). The average molecular weight is 112 g/mol. The van der Waals surface area contributed by atoms with Gasteiger partial charge in [0, 0.05) is 6.42 Å². The van der Waals surface area contributed by atoms with E-state index in [2.05, 4.69) is 6.58 Å². The first-order chi connectivity index (χ1) is 3.81. The molecule has 0 radical (unpaired) electrons. The highest BCUT2D eigenvalue weighted by molar-refractivity contribution is 5.02. The second-order valence-electron chi connectivity index (χ2n) is 1.64. The lowest BCUT2D eigenvalue weighted by Crippen LogP contribution is -1.76. The SMILES string of the molecule is C=CC=C(O)CCC. The Balaban J connectivity index is 3.44. The molecule has 0 spiro atoms. The van der Waals surface area contributed by atoms with Gasteiger partial charge in [0.05, 0.1) is 5.76 Å². The molecule has 1 heteroatoms. The summed E-state index contributed by atoms with van der Waals surface area (Å²) in [7, 11) is 0. The molecule has 0 amide bonds. The number of allylic oxidation sites excluding steroid dienone is 3. The Bertz CT molecular complexity index is 92.6. The van der Waals surface area contributed by atoms with Gasteiger partial charge < -0.3 is 5.11 Å². The lowest BCUT2D eigenvalue weighted by atomic mass is 10.3. The minimum absolute atomic E-state index is 0.419. The van der Waals surface area contributed by atoms with Crippen LogP contribution in [0.15, 0.2) is 24.5 Å². The number of aliphatic hydroxyl groups excluding tert-OH is 1. The summed E-state index contributed by atoms with van der Waals surface area (Å²) in [5, 5.41) is 8.84. The van der Waals surface area contributed by atoms with Gasteiger partial charge >= 0.3 is 0 Å². The highest BCUT2D eigenvalue weighted by Crippen LogP contribution is 1.98. The Hall–Kier alpha value is -0.720. The van der Waals surface area contributed by atoms with Gasteiger partial charge in [-0.15, -0.1) is 0 Å². The van der Waals surface area contributed by atoms with Gasteiger partial charge in [0.15, 0.2) is 0 Å². The molecule has 1 N–H and O–H groups in total. The van der Waals surface area contributed by atoms with Gasteiger partial charge in [0.2, 0.25) is 0 Å². The summed E-state index contributed by atoms with van der Waals surface area (Å²) in [6, 6.07) is 0. The van der Waals surface area contributed by atoms with Gasteiger partial charge in [-0.2, -0.15) is 0 Å². The van der Waals surface area contributed by atoms with Crippen LogP contribution in [0.3, 0.4) is 0 Å². The van der Waals surface area contributed by atoms with E-state index < -0.39 is 0 Å². The Morgan fingerprint density at radius 2 is 2.38 bits per heavy atom. The molecule has 0 aromatic heterocycles. The van der Waals surface area contributed by atoms with Crippen molar-refractivity contribution >= 4 is 0 Å². The number of rotatable bonds is 3. The topological polar surface area (TPSA) is 20.2 Å². The monoisotopic (exact) mass is 112 g/mol. The van der Waals surface area contributed by atoms with Crippen LogP contribution in [0, 0.1) is 0 Å². The average Bonchev–Trinajstić information content (AvgIpc) is 1.68. The molecule has 0 saturated heterocycles. The van der Waals surface area contributed by atoms with Crippen molar-refractivity contribution in [1.29, 1.82) is 0 Å². The van der Waals surface area contributed by atoms with Crippen LogP contribution in [0.1, 0.15) is 19.8 Å². The van der Waals surface area contributed by atoms with Crippen LogP contribution >= 0.6 is 0 Å². The van der Waals surface area contributed by atoms with Crippen molar-refractivity contribution in [1.82, 2.24) is 0 Å². The fraction of sp³-hybridized carbons (Fsp3) is 0.429. The molecule has 8 heavy (non-hydrogen) atoms. The molecule has 46 valence electrons. The third-order valence-electron chi connectivity index (χ3n) is 0.816. The van der Waals surface area contributed by atoms with Crippen molar-refractivity contribution in [2.45, 2.75) is 19.8 Å². The zero-order valence-corrected chi connectivity index (χ0v) is 5.22. The third kappa shape index (κ3) is 3.47. The predicted octanol–water partition coefficient (Wildman–Crippen LogP) is 2.41. The van der Waals surface area contributed by atoms with Gasteiger partial charge in [-0.05, 0) is 12.5 Å².